The summed E-state index contributed by atoms with van der Waals surface area (Å²) < 4.78 is 10.6. The number of ether oxygens (including phenoxy) is 2. The third-order valence-electron chi connectivity index (χ3n) is 4.35. The van der Waals surface area contributed by atoms with E-state index >= 15 is 0 Å². The molecule has 0 spiro atoms. The lowest BCUT2D eigenvalue weighted by atomic mass is 9.65. The Morgan fingerprint density at radius 1 is 1.18 bits per heavy atom. The summed E-state index contributed by atoms with van der Waals surface area (Å²) in [4.78, 5) is 35.4. The molecule has 3 rings (SSSR count). The van der Waals surface area contributed by atoms with Crippen LogP contribution in [0.15, 0.2) is 18.2 Å². The van der Waals surface area contributed by atoms with Crippen LogP contribution in [-0.4, -0.2) is 29.4 Å². The lowest BCUT2D eigenvalue weighted by Crippen LogP contribution is -2.42. The molecule has 1 N–H and O–H groups in total. The first-order chi connectivity index (χ1) is 10.5. The topological polar surface area (TPSA) is 89.9 Å². The Labute approximate surface area is 127 Å². The van der Waals surface area contributed by atoms with E-state index in [-0.39, 0.29) is 50.5 Å². The molecule has 0 aromatic heterocycles. The molecular formula is C16H16O6. The highest BCUT2D eigenvalue weighted by molar-refractivity contribution is 6.01. The van der Waals surface area contributed by atoms with E-state index in [0.717, 1.165) is 0 Å². The Kier molecular flexibility index (Phi) is 3.60. The molecule has 1 aromatic rings. The number of hydrogen-bond donors (Lipinski definition) is 1. The van der Waals surface area contributed by atoms with Gasteiger partial charge < -0.3 is 14.6 Å². The molecule has 1 atom stereocenters. The number of Topliss-reactive ketones (excluding diaryl/α,β-unsaturated/α-hetero) is 2. The number of carboxylic acid groups (broad SMARTS) is 1. The highest BCUT2D eigenvalue weighted by atomic mass is 16.7. The number of fused-ring (bicyclic) bond motifs is 1. The zero-order chi connectivity index (χ0) is 15.7. The van der Waals surface area contributed by atoms with Crippen molar-refractivity contribution in [2.24, 2.45) is 0 Å². The molecule has 1 heterocycles. The molecule has 1 fully saturated rings. The summed E-state index contributed by atoms with van der Waals surface area (Å²) in [5.41, 5.74) is -0.426. The van der Waals surface area contributed by atoms with Crippen LogP contribution in [0.5, 0.6) is 11.5 Å². The van der Waals surface area contributed by atoms with Crippen molar-refractivity contribution in [2.75, 3.05) is 6.79 Å². The Hall–Kier alpha value is -2.37. The summed E-state index contributed by atoms with van der Waals surface area (Å²) >= 11 is 0. The third-order valence-corrected chi connectivity index (χ3v) is 4.35. The Morgan fingerprint density at radius 2 is 1.95 bits per heavy atom. The maximum atomic E-state index is 12.6. The van der Waals surface area contributed by atoms with Crippen molar-refractivity contribution in [1.29, 1.82) is 0 Å². The van der Waals surface area contributed by atoms with Gasteiger partial charge in [-0.25, -0.2) is 0 Å². The minimum atomic E-state index is -1.06. The molecule has 116 valence electrons. The molecule has 0 bridgehead atoms. The summed E-state index contributed by atoms with van der Waals surface area (Å²) in [7, 11) is 0. The molecule has 6 heteroatoms. The van der Waals surface area contributed by atoms with Gasteiger partial charge in [-0.05, 0) is 24.1 Å². The van der Waals surface area contributed by atoms with Gasteiger partial charge in [0.1, 0.15) is 11.6 Å². The summed E-state index contributed by atoms with van der Waals surface area (Å²) in [6.07, 6.45) is 0.407. The SMILES string of the molecule is O=C(O)CCC1(c2ccc3c(c2)OCO3)CC(=O)CCC1=O. The number of aliphatic carboxylic acids is 1. The van der Waals surface area contributed by atoms with Crippen LogP contribution in [0.1, 0.15) is 37.7 Å². The van der Waals surface area contributed by atoms with Gasteiger partial charge in [-0.3, -0.25) is 14.4 Å². The van der Waals surface area contributed by atoms with Crippen LogP contribution in [0.25, 0.3) is 0 Å². The molecule has 1 aromatic carbocycles. The molecule has 1 saturated carbocycles. The van der Waals surface area contributed by atoms with Crippen LogP contribution >= 0.6 is 0 Å². The smallest absolute Gasteiger partial charge is 0.303 e. The van der Waals surface area contributed by atoms with Gasteiger partial charge in [0, 0.05) is 25.7 Å². The number of carbonyl (C=O) groups excluding carboxylic acids is 2. The predicted octanol–water partition coefficient (Wildman–Crippen LogP) is 1.84. The van der Waals surface area contributed by atoms with Crippen molar-refractivity contribution in [3.8, 4) is 11.5 Å². The summed E-state index contributed by atoms with van der Waals surface area (Å²) in [5.74, 6) is 0.0468. The molecule has 1 unspecified atom stereocenters. The average molecular weight is 304 g/mol. The van der Waals surface area contributed by atoms with Crippen molar-refractivity contribution >= 4 is 17.5 Å². The number of benzene rings is 1. The molecule has 1 aliphatic carbocycles. The molecule has 0 amide bonds. The van der Waals surface area contributed by atoms with E-state index in [1.165, 1.54) is 0 Å². The molecular weight excluding hydrogens is 288 g/mol. The first kappa shape index (κ1) is 14.6. The molecule has 6 nitrogen and oxygen atoms in total. The van der Waals surface area contributed by atoms with Crippen LogP contribution in [0.4, 0.5) is 0 Å². The highest BCUT2D eigenvalue weighted by Crippen LogP contribution is 2.43. The van der Waals surface area contributed by atoms with Gasteiger partial charge in [-0.2, -0.15) is 0 Å². The standard InChI is InChI=1S/C16H16O6/c17-11-2-4-14(18)16(8-11,6-5-15(19)20)10-1-3-12-13(7-10)22-9-21-12/h1,3,7H,2,4-6,8-9H2,(H,19,20). The minimum absolute atomic E-state index is 0.0114. The molecule has 0 saturated heterocycles. The number of carboxylic acids is 1. The van der Waals surface area contributed by atoms with Crippen molar-refractivity contribution in [1.82, 2.24) is 0 Å². The molecule has 2 aliphatic rings. The highest BCUT2D eigenvalue weighted by Gasteiger charge is 2.45. The van der Waals surface area contributed by atoms with Crippen LogP contribution in [-0.2, 0) is 19.8 Å². The van der Waals surface area contributed by atoms with Crippen molar-refractivity contribution in [3.05, 3.63) is 23.8 Å². The molecule has 0 radical (unpaired) electrons. The van der Waals surface area contributed by atoms with Crippen molar-refractivity contribution in [3.63, 3.8) is 0 Å². The summed E-state index contributed by atoms with van der Waals surface area (Å²) in [6.45, 7) is 0.119. The fraction of sp³-hybridized carbons (Fsp3) is 0.438. The first-order valence-corrected chi connectivity index (χ1v) is 7.18. The van der Waals surface area contributed by atoms with E-state index < -0.39 is 11.4 Å². The van der Waals surface area contributed by atoms with Crippen LogP contribution in [0.2, 0.25) is 0 Å². The quantitative estimate of drug-likeness (QED) is 0.913. The van der Waals surface area contributed by atoms with Gasteiger partial charge in [0.15, 0.2) is 11.5 Å². The molecule has 1 aliphatic heterocycles. The van der Waals surface area contributed by atoms with Crippen LogP contribution in [0, 0.1) is 0 Å². The van der Waals surface area contributed by atoms with Gasteiger partial charge in [-0.1, -0.05) is 6.07 Å². The Bertz CT molecular complexity index is 650. The van der Waals surface area contributed by atoms with Gasteiger partial charge in [0.25, 0.3) is 0 Å². The van der Waals surface area contributed by atoms with E-state index in [4.69, 9.17) is 14.6 Å². The van der Waals surface area contributed by atoms with E-state index in [1.807, 2.05) is 0 Å². The lowest BCUT2D eigenvalue weighted by Gasteiger charge is -2.35. The monoisotopic (exact) mass is 304 g/mol. The number of carbonyl (C=O) groups is 3. The zero-order valence-corrected chi connectivity index (χ0v) is 12.0. The fourth-order valence-electron chi connectivity index (χ4n) is 3.17. The zero-order valence-electron chi connectivity index (χ0n) is 12.0. The maximum absolute atomic E-state index is 12.6. The number of ketones is 2. The van der Waals surface area contributed by atoms with E-state index in [1.54, 1.807) is 18.2 Å². The predicted molar refractivity (Wildman–Crippen MR) is 75.0 cm³/mol. The average Bonchev–Trinajstić information content (AvgIpc) is 2.95. The van der Waals surface area contributed by atoms with Crippen molar-refractivity contribution < 1.29 is 29.0 Å². The largest absolute Gasteiger partial charge is 0.481 e. The summed E-state index contributed by atoms with van der Waals surface area (Å²) in [6, 6.07) is 5.12. The Morgan fingerprint density at radius 3 is 2.73 bits per heavy atom. The normalized spacial score (nSPS) is 23.6. The first-order valence-electron chi connectivity index (χ1n) is 7.18. The number of hydrogen-bond acceptors (Lipinski definition) is 5. The van der Waals surface area contributed by atoms with Gasteiger partial charge in [0.2, 0.25) is 6.79 Å². The lowest BCUT2D eigenvalue weighted by molar-refractivity contribution is -0.139. The second-order valence-electron chi connectivity index (χ2n) is 5.68. The number of rotatable bonds is 4. The van der Waals surface area contributed by atoms with E-state index in [0.29, 0.717) is 17.1 Å². The fourth-order valence-corrected chi connectivity index (χ4v) is 3.17. The van der Waals surface area contributed by atoms with Crippen LogP contribution in [0.3, 0.4) is 0 Å². The van der Waals surface area contributed by atoms with Gasteiger partial charge in [-0.15, -0.1) is 0 Å². The van der Waals surface area contributed by atoms with E-state index in [9.17, 15) is 14.4 Å². The Balaban J connectivity index is 2.02. The van der Waals surface area contributed by atoms with Crippen molar-refractivity contribution in [2.45, 2.75) is 37.5 Å². The summed E-state index contributed by atoms with van der Waals surface area (Å²) in [5, 5.41) is 8.97. The third kappa shape index (κ3) is 2.45. The maximum Gasteiger partial charge on any atom is 0.303 e. The second kappa shape index (κ2) is 5.44. The molecule has 22 heavy (non-hydrogen) atoms. The van der Waals surface area contributed by atoms with Gasteiger partial charge in [0.05, 0.1) is 5.41 Å². The van der Waals surface area contributed by atoms with Crippen LogP contribution < -0.4 is 9.47 Å². The second-order valence-corrected chi connectivity index (χ2v) is 5.68. The van der Waals surface area contributed by atoms with Gasteiger partial charge >= 0.3 is 5.97 Å². The minimum Gasteiger partial charge on any atom is -0.481 e. The van der Waals surface area contributed by atoms with E-state index in [2.05, 4.69) is 0 Å².